The summed E-state index contributed by atoms with van der Waals surface area (Å²) in [5, 5.41) is 8.93. The molecule has 0 radical (unpaired) electrons. The summed E-state index contributed by atoms with van der Waals surface area (Å²) < 4.78 is 6.16. The van der Waals surface area contributed by atoms with Gasteiger partial charge in [-0.05, 0) is 28.1 Å². The van der Waals surface area contributed by atoms with Crippen molar-refractivity contribution in [2.75, 3.05) is 18.1 Å². The summed E-state index contributed by atoms with van der Waals surface area (Å²) >= 11 is 3.31. The van der Waals surface area contributed by atoms with E-state index >= 15 is 0 Å². The number of anilines is 1. The van der Waals surface area contributed by atoms with Crippen molar-refractivity contribution in [3.63, 3.8) is 0 Å². The molecule has 0 aliphatic carbocycles. The second-order valence-corrected chi connectivity index (χ2v) is 3.73. The molecule has 2 rings (SSSR count). The molecular weight excluding hydrogens is 250 g/mol. The normalized spacial score (nSPS) is 14.5. The van der Waals surface area contributed by atoms with Gasteiger partial charge in [-0.2, -0.15) is 0 Å². The Morgan fingerprint density at radius 1 is 1.57 bits per heavy atom. The number of ether oxygens (including phenoxy) is 1. The number of hydrogen-bond acceptors (Lipinski definition) is 2. The largest absolute Gasteiger partial charge is 0.488 e. The maximum atomic E-state index is 10.9. The fourth-order valence-electron chi connectivity index (χ4n) is 1.41. The van der Waals surface area contributed by atoms with Gasteiger partial charge in [-0.3, -0.25) is 4.90 Å². The number of benzene rings is 1. The molecule has 1 N–H and O–H groups in total. The zero-order chi connectivity index (χ0) is 10.1. The molecule has 74 valence electrons. The van der Waals surface area contributed by atoms with Gasteiger partial charge < -0.3 is 9.84 Å². The van der Waals surface area contributed by atoms with Crippen molar-refractivity contribution in [2.24, 2.45) is 0 Å². The van der Waals surface area contributed by atoms with Crippen LogP contribution in [0, 0.1) is 0 Å². The molecule has 1 heterocycles. The molecule has 4 nitrogen and oxygen atoms in total. The van der Waals surface area contributed by atoms with Crippen LogP contribution in [0.3, 0.4) is 0 Å². The first-order valence-electron chi connectivity index (χ1n) is 4.12. The number of fused-ring (bicyclic) bond motifs is 1. The maximum absolute atomic E-state index is 10.9. The molecule has 0 spiro atoms. The predicted molar refractivity (Wildman–Crippen MR) is 55.0 cm³/mol. The average Bonchev–Trinajstić information content (AvgIpc) is 2.17. The van der Waals surface area contributed by atoms with Gasteiger partial charge in [0.15, 0.2) is 5.75 Å². The van der Waals surface area contributed by atoms with Crippen LogP contribution in [-0.4, -0.2) is 24.4 Å². The van der Waals surface area contributed by atoms with E-state index in [1.165, 1.54) is 4.90 Å². The van der Waals surface area contributed by atoms with Gasteiger partial charge in [-0.1, -0.05) is 6.07 Å². The number of rotatable bonds is 0. The monoisotopic (exact) mass is 257 g/mol. The molecule has 0 fully saturated rings. The van der Waals surface area contributed by atoms with Crippen LogP contribution in [0.4, 0.5) is 10.5 Å². The molecule has 0 unspecified atom stereocenters. The van der Waals surface area contributed by atoms with Crippen LogP contribution in [0.2, 0.25) is 0 Å². The fraction of sp³-hybridized carbons (Fsp3) is 0.222. The molecule has 0 bridgehead atoms. The molecule has 0 atom stereocenters. The second kappa shape index (κ2) is 3.49. The summed E-state index contributed by atoms with van der Waals surface area (Å²) in [4.78, 5) is 12.2. The number of amides is 1. The molecule has 0 saturated heterocycles. The summed E-state index contributed by atoms with van der Waals surface area (Å²) in [5.74, 6) is 0.598. The van der Waals surface area contributed by atoms with E-state index in [2.05, 4.69) is 15.9 Å². The van der Waals surface area contributed by atoms with Crippen molar-refractivity contribution >= 4 is 27.7 Å². The smallest absolute Gasteiger partial charge is 0.412 e. The van der Waals surface area contributed by atoms with Crippen LogP contribution >= 0.6 is 15.9 Å². The lowest BCUT2D eigenvalue weighted by atomic mass is 10.2. The molecular formula is C9H8BrNO3. The molecule has 0 saturated carbocycles. The summed E-state index contributed by atoms with van der Waals surface area (Å²) in [5.41, 5.74) is 0.595. The fourth-order valence-corrected chi connectivity index (χ4v) is 1.88. The van der Waals surface area contributed by atoms with Gasteiger partial charge >= 0.3 is 6.09 Å². The highest BCUT2D eigenvalue weighted by Gasteiger charge is 2.24. The summed E-state index contributed by atoms with van der Waals surface area (Å²) in [7, 11) is 0. The van der Waals surface area contributed by atoms with Crippen LogP contribution < -0.4 is 9.64 Å². The molecule has 5 heteroatoms. The quantitative estimate of drug-likeness (QED) is 0.776. The zero-order valence-electron chi connectivity index (χ0n) is 7.24. The highest BCUT2D eigenvalue weighted by atomic mass is 79.9. The third-order valence-electron chi connectivity index (χ3n) is 2.03. The van der Waals surface area contributed by atoms with E-state index in [-0.39, 0.29) is 0 Å². The van der Waals surface area contributed by atoms with E-state index in [1.807, 2.05) is 6.07 Å². The third kappa shape index (κ3) is 1.43. The average molecular weight is 258 g/mol. The van der Waals surface area contributed by atoms with Crippen molar-refractivity contribution in [3.8, 4) is 5.75 Å². The zero-order valence-corrected chi connectivity index (χ0v) is 8.82. The van der Waals surface area contributed by atoms with Crippen LogP contribution in [0.1, 0.15) is 0 Å². The number of nitrogens with zero attached hydrogens (tertiary/aromatic N) is 1. The van der Waals surface area contributed by atoms with E-state index in [1.54, 1.807) is 12.1 Å². The van der Waals surface area contributed by atoms with Crippen molar-refractivity contribution in [1.82, 2.24) is 0 Å². The Morgan fingerprint density at radius 2 is 2.36 bits per heavy atom. The minimum Gasteiger partial charge on any atom is -0.488 e. The minimum absolute atomic E-state index is 0.374. The molecule has 1 aliphatic rings. The van der Waals surface area contributed by atoms with Gasteiger partial charge in [-0.15, -0.1) is 0 Å². The maximum Gasteiger partial charge on any atom is 0.412 e. The Balaban J connectivity index is 2.49. The lowest BCUT2D eigenvalue weighted by molar-refractivity contribution is 0.196. The third-order valence-corrected chi connectivity index (χ3v) is 2.65. The molecule has 14 heavy (non-hydrogen) atoms. The van der Waals surface area contributed by atoms with Gasteiger partial charge in [0.25, 0.3) is 0 Å². The molecule has 1 aliphatic heterocycles. The Labute approximate surface area is 89.2 Å². The Bertz CT molecular complexity index is 380. The number of carboxylic acid groups (broad SMARTS) is 1. The molecule has 1 aromatic carbocycles. The highest BCUT2D eigenvalue weighted by molar-refractivity contribution is 9.10. The minimum atomic E-state index is -0.951. The number of halogens is 1. The van der Waals surface area contributed by atoms with Crippen molar-refractivity contribution in [3.05, 3.63) is 22.7 Å². The first-order chi connectivity index (χ1) is 6.70. The molecule has 1 amide bonds. The van der Waals surface area contributed by atoms with Crippen molar-refractivity contribution < 1.29 is 14.6 Å². The standard InChI is InChI=1S/C9H8BrNO3/c10-6-2-1-3-7-8(6)14-5-4-11(7)9(12)13/h1-3H,4-5H2,(H,12,13). The molecule has 1 aromatic rings. The van der Waals surface area contributed by atoms with Crippen molar-refractivity contribution in [1.29, 1.82) is 0 Å². The van der Waals surface area contributed by atoms with Gasteiger partial charge in [0.05, 0.1) is 16.7 Å². The Hall–Kier alpha value is -1.23. The van der Waals surface area contributed by atoms with E-state index in [4.69, 9.17) is 9.84 Å². The Morgan fingerprint density at radius 3 is 3.07 bits per heavy atom. The van der Waals surface area contributed by atoms with Crippen LogP contribution in [-0.2, 0) is 0 Å². The lowest BCUT2D eigenvalue weighted by Crippen LogP contribution is -2.36. The van der Waals surface area contributed by atoms with E-state index in [9.17, 15) is 4.79 Å². The van der Waals surface area contributed by atoms with Crippen LogP contribution in [0.5, 0.6) is 5.75 Å². The Kier molecular flexibility index (Phi) is 2.33. The van der Waals surface area contributed by atoms with E-state index in [0.29, 0.717) is 24.6 Å². The topological polar surface area (TPSA) is 49.8 Å². The SMILES string of the molecule is O=C(O)N1CCOc2c(Br)cccc21. The van der Waals surface area contributed by atoms with E-state index < -0.39 is 6.09 Å². The summed E-state index contributed by atoms with van der Waals surface area (Å²) in [6, 6.07) is 5.34. The van der Waals surface area contributed by atoms with Gasteiger partial charge in [0.2, 0.25) is 0 Å². The number of hydrogen-bond donors (Lipinski definition) is 1. The predicted octanol–water partition coefficient (Wildman–Crippen LogP) is 2.33. The van der Waals surface area contributed by atoms with Gasteiger partial charge in [-0.25, -0.2) is 4.79 Å². The highest BCUT2D eigenvalue weighted by Crippen LogP contribution is 2.37. The summed E-state index contributed by atoms with van der Waals surface area (Å²) in [6.07, 6.45) is -0.951. The second-order valence-electron chi connectivity index (χ2n) is 2.87. The first-order valence-corrected chi connectivity index (χ1v) is 4.91. The first kappa shape index (κ1) is 9.33. The van der Waals surface area contributed by atoms with Crippen LogP contribution in [0.15, 0.2) is 22.7 Å². The summed E-state index contributed by atoms with van der Waals surface area (Å²) in [6.45, 7) is 0.765. The van der Waals surface area contributed by atoms with Crippen LogP contribution in [0.25, 0.3) is 0 Å². The number of carbonyl (C=O) groups is 1. The number of para-hydroxylation sites is 1. The van der Waals surface area contributed by atoms with Gasteiger partial charge in [0, 0.05) is 0 Å². The van der Waals surface area contributed by atoms with Gasteiger partial charge in [0.1, 0.15) is 6.61 Å². The van der Waals surface area contributed by atoms with Crippen molar-refractivity contribution in [2.45, 2.75) is 0 Å². The molecule has 0 aromatic heterocycles. The van der Waals surface area contributed by atoms with E-state index in [0.717, 1.165) is 4.47 Å². The lowest BCUT2D eigenvalue weighted by Gasteiger charge is -2.27.